The van der Waals surface area contributed by atoms with Crippen LogP contribution in [0.3, 0.4) is 0 Å². The molecule has 1 N–H and O–H groups in total. The molecule has 3 nitrogen and oxygen atoms in total. The summed E-state index contributed by atoms with van der Waals surface area (Å²) in [6.45, 7) is 2.62. The summed E-state index contributed by atoms with van der Waals surface area (Å²) in [5.74, 6) is -0.622. The zero-order chi connectivity index (χ0) is 13.3. The van der Waals surface area contributed by atoms with Crippen LogP contribution >= 0.6 is 27.5 Å². The minimum absolute atomic E-state index is 0.0329. The molecule has 0 aliphatic rings. The maximum absolute atomic E-state index is 13.9. The second-order valence-corrected chi connectivity index (χ2v) is 5.03. The summed E-state index contributed by atoms with van der Waals surface area (Å²) in [5.41, 5.74) is 0.674. The number of benzene rings is 1. The molecule has 2 rings (SSSR count). The van der Waals surface area contributed by atoms with Crippen molar-refractivity contribution in [3.05, 3.63) is 51.0 Å². The number of aryl methyl sites for hydroxylation is 1. The molecule has 0 radical (unpaired) electrons. The molecule has 1 heterocycles. The van der Waals surface area contributed by atoms with E-state index in [-0.39, 0.29) is 10.6 Å². The summed E-state index contributed by atoms with van der Waals surface area (Å²) in [6.07, 6.45) is 2.12. The van der Waals surface area contributed by atoms with Crippen LogP contribution in [-0.2, 0) is 6.54 Å². The molecule has 0 bridgehead atoms. The maximum atomic E-state index is 13.9. The molecule has 0 saturated heterocycles. The molecule has 0 amide bonds. The quantitative estimate of drug-likeness (QED) is 0.873. The molecule has 0 aliphatic carbocycles. The van der Waals surface area contributed by atoms with Crippen molar-refractivity contribution in [3.63, 3.8) is 0 Å². The Hall–Kier alpha value is -0.910. The number of rotatable bonds is 3. The van der Waals surface area contributed by atoms with Crippen molar-refractivity contribution in [2.24, 2.45) is 0 Å². The van der Waals surface area contributed by atoms with E-state index in [1.165, 1.54) is 12.3 Å². The minimum atomic E-state index is -1.07. The Morgan fingerprint density at radius 2 is 2.28 bits per heavy atom. The lowest BCUT2D eigenvalue weighted by Crippen LogP contribution is -2.02. The van der Waals surface area contributed by atoms with Gasteiger partial charge in [-0.05, 0) is 28.9 Å². The van der Waals surface area contributed by atoms with Crippen LogP contribution in [0.25, 0.3) is 0 Å². The van der Waals surface area contributed by atoms with E-state index in [9.17, 15) is 9.50 Å². The van der Waals surface area contributed by atoms with E-state index in [1.807, 2.05) is 6.92 Å². The van der Waals surface area contributed by atoms with Crippen molar-refractivity contribution >= 4 is 27.5 Å². The molecular formula is C12H11BrClFN2O. The van der Waals surface area contributed by atoms with E-state index in [0.29, 0.717) is 16.6 Å². The van der Waals surface area contributed by atoms with Crippen LogP contribution in [0.1, 0.15) is 24.2 Å². The van der Waals surface area contributed by atoms with Crippen LogP contribution in [0.4, 0.5) is 4.39 Å². The van der Waals surface area contributed by atoms with Crippen molar-refractivity contribution in [2.75, 3.05) is 0 Å². The summed E-state index contributed by atoms with van der Waals surface area (Å²) in [6, 6.07) is 3.10. The fourth-order valence-electron chi connectivity index (χ4n) is 1.63. The Balaban J connectivity index is 2.39. The van der Waals surface area contributed by atoms with Crippen LogP contribution in [-0.4, -0.2) is 14.9 Å². The lowest BCUT2D eigenvalue weighted by Gasteiger charge is -2.11. The van der Waals surface area contributed by atoms with Gasteiger partial charge >= 0.3 is 0 Å². The van der Waals surface area contributed by atoms with Gasteiger partial charge in [0.15, 0.2) is 0 Å². The standard InChI is InChI=1S/C12H11BrClFN2O/c1-2-17-6-7(5-16-17)12(18)8-3-4-9(13)10(14)11(8)15/h3-6,12,18H,2H2,1H3. The lowest BCUT2D eigenvalue weighted by atomic mass is 10.0. The van der Waals surface area contributed by atoms with Crippen LogP contribution in [0.15, 0.2) is 29.0 Å². The monoisotopic (exact) mass is 332 g/mol. The zero-order valence-electron chi connectivity index (χ0n) is 9.57. The third-order valence-electron chi connectivity index (χ3n) is 2.65. The summed E-state index contributed by atoms with van der Waals surface area (Å²) < 4.78 is 16.1. The largest absolute Gasteiger partial charge is 0.383 e. The highest BCUT2D eigenvalue weighted by molar-refractivity contribution is 9.10. The van der Waals surface area contributed by atoms with Crippen molar-refractivity contribution in [1.82, 2.24) is 9.78 Å². The Morgan fingerprint density at radius 3 is 2.89 bits per heavy atom. The minimum Gasteiger partial charge on any atom is -0.383 e. The average molecular weight is 334 g/mol. The van der Waals surface area contributed by atoms with Crippen LogP contribution in [0.5, 0.6) is 0 Å². The van der Waals surface area contributed by atoms with E-state index in [4.69, 9.17) is 11.6 Å². The second kappa shape index (κ2) is 5.38. The smallest absolute Gasteiger partial charge is 0.149 e. The van der Waals surface area contributed by atoms with Gasteiger partial charge in [0.1, 0.15) is 11.9 Å². The topological polar surface area (TPSA) is 38.0 Å². The first-order valence-corrected chi connectivity index (χ1v) is 6.55. The summed E-state index contributed by atoms with van der Waals surface area (Å²) in [5, 5.41) is 14.1. The number of nitrogens with zero attached hydrogens (tertiary/aromatic N) is 2. The molecule has 1 atom stereocenters. The molecule has 0 aliphatic heterocycles. The van der Waals surface area contributed by atoms with Crippen molar-refractivity contribution in [3.8, 4) is 0 Å². The summed E-state index contributed by atoms with van der Waals surface area (Å²) >= 11 is 8.92. The van der Waals surface area contributed by atoms with Gasteiger partial charge in [0, 0.05) is 28.3 Å². The predicted molar refractivity (Wildman–Crippen MR) is 71.1 cm³/mol. The number of halogens is 3. The highest BCUT2D eigenvalue weighted by Crippen LogP contribution is 2.32. The summed E-state index contributed by atoms with van der Waals surface area (Å²) in [4.78, 5) is 0. The van der Waals surface area contributed by atoms with Crippen molar-refractivity contribution in [1.29, 1.82) is 0 Å². The van der Waals surface area contributed by atoms with Gasteiger partial charge in [-0.15, -0.1) is 0 Å². The van der Waals surface area contributed by atoms with Gasteiger partial charge in [-0.25, -0.2) is 4.39 Å². The molecule has 6 heteroatoms. The number of hydrogen-bond donors (Lipinski definition) is 1. The van der Waals surface area contributed by atoms with Gasteiger partial charge in [-0.3, -0.25) is 4.68 Å². The first-order chi connectivity index (χ1) is 8.54. The van der Waals surface area contributed by atoms with Gasteiger partial charge in [0.25, 0.3) is 0 Å². The van der Waals surface area contributed by atoms with Gasteiger partial charge in [0.2, 0.25) is 0 Å². The number of aliphatic hydroxyl groups is 1. The van der Waals surface area contributed by atoms with Gasteiger partial charge in [-0.1, -0.05) is 17.7 Å². The second-order valence-electron chi connectivity index (χ2n) is 3.80. The van der Waals surface area contributed by atoms with E-state index in [0.717, 1.165) is 0 Å². The molecule has 0 fully saturated rings. The molecule has 1 aromatic heterocycles. The molecule has 0 saturated carbocycles. The molecule has 0 spiro atoms. The third kappa shape index (κ3) is 2.43. The van der Waals surface area contributed by atoms with Crippen LogP contribution < -0.4 is 0 Å². The highest BCUT2D eigenvalue weighted by Gasteiger charge is 2.19. The highest BCUT2D eigenvalue weighted by atomic mass is 79.9. The Labute approximate surface area is 117 Å². The molecule has 1 unspecified atom stereocenters. The van der Waals surface area contributed by atoms with Gasteiger partial charge < -0.3 is 5.11 Å². The molecule has 18 heavy (non-hydrogen) atoms. The summed E-state index contributed by atoms with van der Waals surface area (Å²) in [7, 11) is 0. The zero-order valence-corrected chi connectivity index (χ0v) is 11.9. The van der Waals surface area contributed by atoms with Gasteiger partial charge in [0.05, 0.1) is 11.2 Å². The molecule has 1 aromatic carbocycles. The first-order valence-electron chi connectivity index (χ1n) is 5.38. The molecular weight excluding hydrogens is 322 g/mol. The van der Waals surface area contributed by atoms with E-state index < -0.39 is 11.9 Å². The fourth-order valence-corrected chi connectivity index (χ4v) is 2.10. The Bertz CT molecular complexity index is 573. The average Bonchev–Trinajstić information content (AvgIpc) is 2.84. The van der Waals surface area contributed by atoms with E-state index in [1.54, 1.807) is 16.9 Å². The van der Waals surface area contributed by atoms with Crippen molar-refractivity contribution in [2.45, 2.75) is 19.6 Å². The maximum Gasteiger partial charge on any atom is 0.149 e. The first kappa shape index (κ1) is 13.5. The predicted octanol–water partition coefficient (Wildman–Crippen LogP) is 3.54. The number of hydrogen-bond acceptors (Lipinski definition) is 2. The van der Waals surface area contributed by atoms with Crippen molar-refractivity contribution < 1.29 is 9.50 Å². The van der Waals surface area contributed by atoms with E-state index in [2.05, 4.69) is 21.0 Å². The molecule has 96 valence electrons. The number of aliphatic hydroxyl groups excluding tert-OH is 1. The molecule has 2 aromatic rings. The Morgan fingerprint density at radius 1 is 1.56 bits per heavy atom. The lowest BCUT2D eigenvalue weighted by molar-refractivity contribution is 0.215. The SMILES string of the molecule is CCn1cc(C(O)c2ccc(Br)c(Cl)c2F)cn1. The van der Waals surface area contributed by atoms with E-state index >= 15 is 0 Å². The fraction of sp³-hybridized carbons (Fsp3) is 0.250. The van der Waals surface area contributed by atoms with Crippen LogP contribution in [0, 0.1) is 5.82 Å². The van der Waals surface area contributed by atoms with Crippen LogP contribution in [0.2, 0.25) is 5.02 Å². The third-order valence-corrected chi connectivity index (χ3v) is 3.91. The number of aromatic nitrogens is 2. The van der Waals surface area contributed by atoms with Gasteiger partial charge in [-0.2, -0.15) is 5.10 Å². The normalized spacial score (nSPS) is 12.7. The Kier molecular flexibility index (Phi) is 4.04.